The predicted octanol–water partition coefficient (Wildman–Crippen LogP) is 4.48. The van der Waals surface area contributed by atoms with Gasteiger partial charge in [0.1, 0.15) is 0 Å². The zero-order valence-corrected chi connectivity index (χ0v) is 19.1. The predicted molar refractivity (Wildman–Crippen MR) is 122 cm³/mol. The Labute approximate surface area is 194 Å². The fraction of sp³-hybridized carbons (Fsp3) is 0.364. The third-order valence-electron chi connectivity index (χ3n) is 5.18. The van der Waals surface area contributed by atoms with E-state index in [-0.39, 0.29) is 18.4 Å². The Hall–Kier alpha value is -2.75. The number of halogens is 1. The zero-order valence-electron chi connectivity index (χ0n) is 17.5. The quantitative estimate of drug-likeness (QED) is 0.504. The van der Waals surface area contributed by atoms with Gasteiger partial charge in [-0.15, -0.1) is 11.3 Å². The zero-order chi connectivity index (χ0) is 22.5. The fourth-order valence-corrected chi connectivity index (χ4v) is 4.50. The molecule has 0 spiro atoms. The first kappa shape index (κ1) is 22.4. The number of anilines is 1. The van der Waals surface area contributed by atoms with Crippen molar-refractivity contribution in [2.24, 2.45) is 5.92 Å². The molecule has 1 unspecified atom stereocenters. The molecule has 2 aromatic heterocycles. The highest BCUT2D eigenvalue weighted by molar-refractivity contribution is 7.13. The van der Waals surface area contributed by atoms with E-state index in [9.17, 15) is 9.59 Å². The van der Waals surface area contributed by atoms with E-state index in [1.165, 1.54) is 6.07 Å². The van der Waals surface area contributed by atoms with Gasteiger partial charge in [0, 0.05) is 6.54 Å². The number of rotatable bonds is 7. The Kier molecular flexibility index (Phi) is 7.19. The lowest BCUT2D eigenvalue weighted by Gasteiger charge is -2.30. The minimum absolute atomic E-state index is 0.106. The van der Waals surface area contributed by atoms with Crippen molar-refractivity contribution in [1.29, 1.82) is 0 Å². The van der Waals surface area contributed by atoms with Gasteiger partial charge < -0.3 is 14.6 Å². The summed E-state index contributed by atoms with van der Waals surface area (Å²) in [5, 5.41) is 9.19. The Morgan fingerprint density at radius 3 is 3.00 bits per heavy atom. The van der Waals surface area contributed by atoms with Crippen molar-refractivity contribution in [2.75, 3.05) is 25.0 Å². The molecule has 1 atom stereocenters. The fourth-order valence-electron chi connectivity index (χ4n) is 3.62. The molecule has 0 bridgehead atoms. The van der Waals surface area contributed by atoms with Gasteiger partial charge in [0.05, 0.1) is 40.2 Å². The number of benzene rings is 1. The second kappa shape index (κ2) is 10.2. The van der Waals surface area contributed by atoms with Crippen LogP contribution in [0.2, 0.25) is 5.02 Å². The molecule has 1 aliphatic rings. The number of ether oxygens (including phenoxy) is 1. The first-order valence-electron chi connectivity index (χ1n) is 10.4. The van der Waals surface area contributed by atoms with Crippen molar-refractivity contribution in [3.8, 4) is 10.7 Å². The van der Waals surface area contributed by atoms with Crippen LogP contribution in [0.3, 0.4) is 0 Å². The molecule has 1 fully saturated rings. The minimum Gasteiger partial charge on any atom is -0.462 e. The van der Waals surface area contributed by atoms with Crippen molar-refractivity contribution >= 4 is 40.5 Å². The van der Waals surface area contributed by atoms with Gasteiger partial charge in [-0.3, -0.25) is 9.69 Å². The van der Waals surface area contributed by atoms with E-state index >= 15 is 0 Å². The van der Waals surface area contributed by atoms with Crippen LogP contribution >= 0.6 is 22.9 Å². The molecule has 1 aromatic carbocycles. The highest BCUT2D eigenvalue weighted by Crippen LogP contribution is 2.27. The van der Waals surface area contributed by atoms with Crippen LogP contribution < -0.4 is 5.32 Å². The van der Waals surface area contributed by atoms with Crippen LogP contribution in [0.4, 0.5) is 5.69 Å². The third kappa shape index (κ3) is 5.35. The molecule has 3 aromatic rings. The number of aromatic nitrogens is 2. The van der Waals surface area contributed by atoms with Crippen LogP contribution in [0.15, 0.2) is 40.2 Å². The van der Waals surface area contributed by atoms with Crippen LogP contribution in [0, 0.1) is 5.92 Å². The number of esters is 1. The highest BCUT2D eigenvalue weighted by Gasteiger charge is 2.27. The molecule has 0 radical (unpaired) electrons. The van der Waals surface area contributed by atoms with Crippen molar-refractivity contribution in [3.05, 3.63) is 52.2 Å². The number of carbonyl (C=O) groups is 2. The maximum atomic E-state index is 12.9. The van der Waals surface area contributed by atoms with Crippen LogP contribution in [-0.4, -0.2) is 46.6 Å². The van der Waals surface area contributed by atoms with E-state index in [1.807, 2.05) is 17.5 Å². The van der Waals surface area contributed by atoms with Crippen LogP contribution in [0.25, 0.3) is 10.7 Å². The number of hydrogen-bond acceptors (Lipinski definition) is 8. The van der Waals surface area contributed by atoms with Gasteiger partial charge in [-0.1, -0.05) is 22.8 Å². The van der Waals surface area contributed by atoms with E-state index in [4.69, 9.17) is 20.9 Å². The molecule has 0 aliphatic carbocycles. The summed E-state index contributed by atoms with van der Waals surface area (Å²) in [6, 6.07) is 8.61. The summed E-state index contributed by atoms with van der Waals surface area (Å²) in [4.78, 5) is 32.3. The topological polar surface area (TPSA) is 97.6 Å². The number of likely N-dealkylation sites (tertiary alicyclic amines) is 1. The molecule has 1 saturated heterocycles. The lowest BCUT2D eigenvalue weighted by Crippen LogP contribution is -2.40. The third-order valence-corrected chi connectivity index (χ3v) is 6.36. The molecule has 1 N–H and O–H groups in total. The largest absolute Gasteiger partial charge is 0.462 e. The average molecular weight is 475 g/mol. The normalized spacial score (nSPS) is 16.6. The van der Waals surface area contributed by atoms with E-state index in [1.54, 1.807) is 30.4 Å². The van der Waals surface area contributed by atoms with E-state index in [0.29, 0.717) is 41.1 Å². The summed E-state index contributed by atoms with van der Waals surface area (Å²) >= 11 is 7.84. The molecule has 1 amide bonds. The van der Waals surface area contributed by atoms with E-state index < -0.39 is 5.97 Å². The second-order valence-electron chi connectivity index (χ2n) is 7.47. The lowest BCUT2D eigenvalue weighted by molar-refractivity contribution is -0.121. The molecule has 32 heavy (non-hydrogen) atoms. The Morgan fingerprint density at radius 1 is 1.38 bits per heavy atom. The maximum Gasteiger partial charge on any atom is 0.338 e. The first-order valence-corrected chi connectivity index (χ1v) is 11.7. The van der Waals surface area contributed by atoms with Gasteiger partial charge in [0.2, 0.25) is 17.6 Å². The number of hydrogen-bond donors (Lipinski definition) is 1. The van der Waals surface area contributed by atoms with Crippen LogP contribution in [0.5, 0.6) is 0 Å². The van der Waals surface area contributed by atoms with Crippen molar-refractivity contribution < 1.29 is 18.8 Å². The summed E-state index contributed by atoms with van der Waals surface area (Å²) in [5.74, 6) is 0.377. The molecule has 3 heterocycles. The van der Waals surface area contributed by atoms with Crippen molar-refractivity contribution in [2.45, 2.75) is 26.3 Å². The summed E-state index contributed by atoms with van der Waals surface area (Å²) in [5.41, 5.74) is 0.819. The molecule has 0 saturated carbocycles. The summed E-state index contributed by atoms with van der Waals surface area (Å²) in [6.07, 6.45) is 1.67. The van der Waals surface area contributed by atoms with Crippen LogP contribution in [0.1, 0.15) is 36.0 Å². The number of nitrogens with one attached hydrogen (secondary N) is 1. The standard InChI is InChI=1S/C22H23ClN4O4S/c1-2-30-22(29)14-7-8-17(16(23)11-14)24-21(28)15-5-3-9-27(12-15)13-19-25-20(26-31-19)18-6-4-10-32-18/h4,6-8,10-11,15H,2-3,5,9,12-13H2,1H3,(H,24,28). The molecular formula is C22H23ClN4O4S. The minimum atomic E-state index is -0.446. The van der Waals surface area contributed by atoms with Gasteiger partial charge in [0.25, 0.3) is 0 Å². The number of nitrogens with zero attached hydrogens (tertiary/aromatic N) is 3. The number of carbonyl (C=O) groups excluding carboxylic acids is 2. The van der Waals surface area contributed by atoms with Crippen molar-refractivity contribution in [1.82, 2.24) is 15.0 Å². The smallest absolute Gasteiger partial charge is 0.338 e. The first-order chi connectivity index (χ1) is 15.5. The van der Waals surface area contributed by atoms with Crippen molar-refractivity contribution in [3.63, 3.8) is 0 Å². The molecule has 1 aliphatic heterocycles. The van der Waals surface area contributed by atoms with Gasteiger partial charge >= 0.3 is 5.97 Å². The molecular weight excluding hydrogens is 452 g/mol. The number of thiophene rings is 1. The summed E-state index contributed by atoms with van der Waals surface area (Å²) in [6.45, 7) is 3.96. The lowest BCUT2D eigenvalue weighted by atomic mass is 9.97. The summed E-state index contributed by atoms with van der Waals surface area (Å²) < 4.78 is 10.4. The Balaban J connectivity index is 1.35. The SMILES string of the molecule is CCOC(=O)c1ccc(NC(=O)C2CCCN(Cc3nc(-c4cccs4)no3)C2)c(Cl)c1. The van der Waals surface area contributed by atoms with Gasteiger partial charge in [-0.05, 0) is 56.0 Å². The number of amides is 1. The van der Waals surface area contributed by atoms with Crippen LogP contribution in [-0.2, 0) is 16.1 Å². The number of piperidine rings is 1. The van der Waals surface area contributed by atoms with Gasteiger partial charge in [-0.2, -0.15) is 4.98 Å². The average Bonchev–Trinajstić information content (AvgIpc) is 3.47. The Bertz CT molecular complexity index is 1090. The van der Waals surface area contributed by atoms with Gasteiger partial charge in [0.15, 0.2) is 0 Å². The highest BCUT2D eigenvalue weighted by atomic mass is 35.5. The molecule has 8 nitrogen and oxygen atoms in total. The molecule has 10 heteroatoms. The molecule has 168 valence electrons. The van der Waals surface area contributed by atoms with E-state index in [0.717, 1.165) is 24.3 Å². The second-order valence-corrected chi connectivity index (χ2v) is 8.82. The van der Waals surface area contributed by atoms with E-state index in [2.05, 4.69) is 20.4 Å². The molecule has 4 rings (SSSR count). The Morgan fingerprint density at radius 2 is 2.25 bits per heavy atom. The maximum absolute atomic E-state index is 12.9. The summed E-state index contributed by atoms with van der Waals surface area (Å²) in [7, 11) is 0. The monoisotopic (exact) mass is 474 g/mol. The van der Waals surface area contributed by atoms with Gasteiger partial charge in [-0.25, -0.2) is 4.79 Å².